The number of aromatic nitrogens is 2. The van der Waals surface area contributed by atoms with Crippen molar-refractivity contribution in [2.75, 3.05) is 0 Å². The van der Waals surface area contributed by atoms with Crippen molar-refractivity contribution in [3.05, 3.63) is 33.1 Å². The normalized spacial score (nSPS) is 11.5. The molecule has 0 aliphatic carbocycles. The van der Waals surface area contributed by atoms with E-state index in [0.29, 0.717) is 0 Å². The molecule has 0 saturated carbocycles. The van der Waals surface area contributed by atoms with E-state index in [4.69, 9.17) is 9.79 Å². The third-order valence-corrected chi connectivity index (χ3v) is 1.96. The van der Waals surface area contributed by atoms with E-state index in [0.717, 1.165) is 12.3 Å². The molecule has 0 saturated heterocycles. The van der Waals surface area contributed by atoms with Gasteiger partial charge in [-0.25, -0.2) is 13.7 Å². The Labute approximate surface area is 65.5 Å². The van der Waals surface area contributed by atoms with Gasteiger partial charge in [0.1, 0.15) is 0 Å². The van der Waals surface area contributed by atoms with Gasteiger partial charge in [0.05, 0.1) is 0 Å². The van der Waals surface area contributed by atoms with E-state index in [-0.39, 0.29) is 4.34 Å². The molecule has 0 spiro atoms. The van der Waals surface area contributed by atoms with Crippen molar-refractivity contribution < 1.29 is 14.4 Å². The maximum Gasteiger partial charge on any atom is 0.437 e. The van der Waals surface area contributed by atoms with Gasteiger partial charge in [-0.15, -0.1) is 0 Å². The Bertz CT molecular complexity index is 439. The van der Waals surface area contributed by atoms with Gasteiger partial charge < -0.3 is 9.79 Å². The Balaban J connectivity index is 3.49. The summed E-state index contributed by atoms with van der Waals surface area (Å²) in [5.74, 6) is 0. The van der Waals surface area contributed by atoms with Crippen LogP contribution in [0, 0.1) is 0 Å². The number of nitrogens with zero attached hydrogens (tertiary/aromatic N) is 1. The monoisotopic (exact) mass is 192 g/mol. The molecule has 0 unspecified atom stereocenters. The Morgan fingerprint density at radius 2 is 2.00 bits per heavy atom. The molecule has 12 heavy (non-hydrogen) atoms. The first-order chi connectivity index (χ1) is 5.41. The van der Waals surface area contributed by atoms with Crippen LogP contribution in [0.15, 0.2) is 21.9 Å². The second-order valence-corrected chi connectivity index (χ2v) is 3.43. The number of aromatic amines is 1. The standard InChI is InChI=1S/C4H5N2O5P/c7-3-1-2-6(4(8)5-3)12(9,10)11/h1-2H,(H,5,7,8)(H2,9,10,11). The van der Waals surface area contributed by atoms with Crippen LogP contribution in [0.25, 0.3) is 0 Å². The first kappa shape index (κ1) is 8.92. The molecule has 0 aliphatic heterocycles. The van der Waals surface area contributed by atoms with Crippen molar-refractivity contribution in [3.8, 4) is 0 Å². The van der Waals surface area contributed by atoms with E-state index in [2.05, 4.69) is 0 Å². The van der Waals surface area contributed by atoms with Crippen molar-refractivity contribution in [3.63, 3.8) is 0 Å². The average Bonchev–Trinajstić information content (AvgIpc) is 1.83. The first-order valence-corrected chi connectivity index (χ1v) is 4.36. The lowest BCUT2D eigenvalue weighted by Crippen LogP contribution is -2.27. The smallest absolute Gasteiger partial charge is 0.308 e. The molecule has 0 aliphatic rings. The molecule has 7 nitrogen and oxygen atoms in total. The fraction of sp³-hybridized carbons (Fsp3) is 0. The summed E-state index contributed by atoms with van der Waals surface area (Å²) in [7, 11) is -4.64. The van der Waals surface area contributed by atoms with Gasteiger partial charge in [0.15, 0.2) is 0 Å². The fourth-order valence-corrected chi connectivity index (χ4v) is 1.14. The molecule has 1 rings (SSSR count). The third kappa shape index (κ3) is 1.70. The maximum atomic E-state index is 10.7. The van der Waals surface area contributed by atoms with Crippen LogP contribution in [0.3, 0.4) is 0 Å². The Hall–Kier alpha value is -1.17. The first-order valence-electron chi connectivity index (χ1n) is 2.79. The van der Waals surface area contributed by atoms with Crippen molar-refractivity contribution in [1.82, 2.24) is 9.32 Å². The van der Waals surface area contributed by atoms with E-state index in [9.17, 15) is 14.2 Å². The summed E-state index contributed by atoms with van der Waals surface area (Å²) in [6.07, 6.45) is 0.738. The SMILES string of the molecule is O=c1ccn(P(=O)(O)O)c(=O)[nH]1. The second kappa shape index (κ2) is 2.71. The Morgan fingerprint density at radius 1 is 1.42 bits per heavy atom. The highest BCUT2D eigenvalue weighted by Gasteiger charge is 2.17. The van der Waals surface area contributed by atoms with Gasteiger partial charge >= 0.3 is 13.4 Å². The van der Waals surface area contributed by atoms with E-state index in [1.165, 1.54) is 0 Å². The predicted molar refractivity (Wildman–Crippen MR) is 38.8 cm³/mol. The van der Waals surface area contributed by atoms with Crippen molar-refractivity contribution in [2.24, 2.45) is 0 Å². The van der Waals surface area contributed by atoms with Gasteiger partial charge in [-0.3, -0.25) is 9.78 Å². The summed E-state index contributed by atoms with van der Waals surface area (Å²) >= 11 is 0. The van der Waals surface area contributed by atoms with Crippen LogP contribution in [0.2, 0.25) is 0 Å². The summed E-state index contributed by atoms with van der Waals surface area (Å²) in [4.78, 5) is 39.9. The van der Waals surface area contributed by atoms with Crippen LogP contribution in [0.4, 0.5) is 0 Å². The van der Waals surface area contributed by atoms with E-state index in [1.807, 2.05) is 0 Å². The van der Waals surface area contributed by atoms with Crippen molar-refractivity contribution in [2.45, 2.75) is 0 Å². The Kier molecular flexibility index (Phi) is 2.01. The van der Waals surface area contributed by atoms with Crippen LogP contribution in [0.5, 0.6) is 0 Å². The fourth-order valence-electron chi connectivity index (χ4n) is 0.615. The molecule has 1 heterocycles. The summed E-state index contributed by atoms with van der Waals surface area (Å²) in [5.41, 5.74) is -1.83. The third-order valence-electron chi connectivity index (χ3n) is 1.09. The molecule has 0 bridgehead atoms. The highest BCUT2D eigenvalue weighted by atomic mass is 31.2. The minimum Gasteiger partial charge on any atom is -0.308 e. The molecule has 0 fully saturated rings. The quantitative estimate of drug-likeness (QED) is 0.467. The largest absolute Gasteiger partial charge is 0.437 e. The van der Waals surface area contributed by atoms with Gasteiger partial charge in [0.2, 0.25) is 0 Å². The van der Waals surface area contributed by atoms with Gasteiger partial charge in [-0.1, -0.05) is 0 Å². The summed E-state index contributed by atoms with van der Waals surface area (Å²) in [6.45, 7) is 0. The topological polar surface area (TPSA) is 112 Å². The molecular formula is C4H5N2O5P. The molecule has 1 aromatic heterocycles. The zero-order valence-electron chi connectivity index (χ0n) is 5.67. The molecule has 3 N–H and O–H groups in total. The van der Waals surface area contributed by atoms with E-state index in [1.54, 1.807) is 4.98 Å². The van der Waals surface area contributed by atoms with Crippen molar-refractivity contribution in [1.29, 1.82) is 0 Å². The molecule has 0 aromatic carbocycles. The van der Waals surface area contributed by atoms with Crippen LogP contribution >= 0.6 is 7.75 Å². The molecule has 1 aromatic rings. The summed E-state index contributed by atoms with van der Waals surface area (Å²) in [5, 5.41) is 0. The Morgan fingerprint density at radius 3 is 2.42 bits per heavy atom. The maximum absolute atomic E-state index is 10.7. The number of rotatable bonds is 1. The lowest BCUT2D eigenvalue weighted by atomic mass is 10.7. The van der Waals surface area contributed by atoms with Crippen LogP contribution in [0.1, 0.15) is 0 Å². The second-order valence-electron chi connectivity index (χ2n) is 1.97. The molecule has 0 radical (unpaired) electrons. The number of hydrogen-bond acceptors (Lipinski definition) is 3. The van der Waals surface area contributed by atoms with E-state index < -0.39 is 19.0 Å². The molecule has 0 atom stereocenters. The zero-order chi connectivity index (χ0) is 9.35. The number of nitrogens with one attached hydrogen (secondary N) is 1. The van der Waals surface area contributed by atoms with Gasteiger partial charge in [0.25, 0.3) is 5.56 Å². The predicted octanol–water partition coefficient (Wildman–Crippen LogP) is -1.52. The lowest BCUT2D eigenvalue weighted by Gasteiger charge is -2.03. The minimum absolute atomic E-state index is 0.147. The van der Waals surface area contributed by atoms with Crippen LogP contribution in [-0.4, -0.2) is 19.1 Å². The summed E-state index contributed by atoms with van der Waals surface area (Å²) in [6, 6.07) is 0.848. The molecule has 0 amide bonds. The van der Waals surface area contributed by atoms with Crippen molar-refractivity contribution >= 4 is 7.75 Å². The number of H-pyrrole nitrogens is 1. The van der Waals surface area contributed by atoms with Crippen LogP contribution < -0.4 is 11.2 Å². The highest BCUT2D eigenvalue weighted by Crippen LogP contribution is 2.33. The van der Waals surface area contributed by atoms with Crippen LogP contribution in [-0.2, 0) is 4.57 Å². The summed E-state index contributed by atoms with van der Waals surface area (Å²) < 4.78 is 10.6. The lowest BCUT2D eigenvalue weighted by molar-refractivity contribution is 0.358. The molecular weight excluding hydrogens is 187 g/mol. The molecule has 66 valence electrons. The van der Waals surface area contributed by atoms with E-state index >= 15 is 0 Å². The average molecular weight is 192 g/mol. The van der Waals surface area contributed by atoms with Gasteiger partial charge in [-0.05, 0) is 0 Å². The van der Waals surface area contributed by atoms with Gasteiger partial charge in [0, 0.05) is 12.3 Å². The zero-order valence-corrected chi connectivity index (χ0v) is 6.56. The molecule has 8 heteroatoms. The number of hydrogen-bond donors (Lipinski definition) is 3. The highest BCUT2D eigenvalue weighted by molar-refractivity contribution is 7.50. The van der Waals surface area contributed by atoms with Gasteiger partial charge in [-0.2, -0.15) is 0 Å². The minimum atomic E-state index is -4.64.